The quantitative estimate of drug-likeness (QED) is 0.0647. The van der Waals surface area contributed by atoms with Gasteiger partial charge in [-0.15, -0.1) is 0 Å². The maximum absolute atomic E-state index is 11.6. The van der Waals surface area contributed by atoms with Crippen LogP contribution in [0.25, 0.3) is 0 Å². The van der Waals surface area contributed by atoms with Crippen LogP contribution in [-0.4, -0.2) is 94.9 Å². The minimum Gasteiger partial charge on any atom is -0.368 e. The molecule has 0 spiro atoms. The molecule has 0 bridgehead atoms. The van der Waals surface area contributed by atoms with E-state index in [1.165, 1.54) is 24.3 Å². The third-order valence-corrected chi connectivity index (χ3v) is 9.98. The van der Waals surface area contributed by atoms with Gasteiger partial charge in [0.15, 0.2) is 0 Å². The molecular weight excluding hydrogens is 812 g/mol. The molecule has 8 N–H and O–H groups in total. The van der Waals surface area contributed by atoms with Crippen LogP contribution in [0.3, 0.4) is 0 Å². The predicted molar refractivity (Wildman–Crippen MR) is 235 cm³/mol. The Morgan fingerprint density at radius 3 is 1.19 bits per heavy atom. The van der Waals surface area contributed by atoms with Crippen molar-refractivity contribution in [3.05, 3.63) is 24.3 Å². The van der Waals surface area contributed by atoms with Crippen molar-refractivity contribution in [2.45, 2.75) is 115 Å². The van der Waals surface area contributed by atoms with Crippen LogP contribution >= 0.6 is 21.4 Å². The molecule has 2 heterocycles. The first-order chi connectivity index (χ1) is 22.3. The summed E-state index contributed by atoms with van der Waals surface area (Å²) in [7, 11) is 1.99. The van der Waals surface area contributed by atoms with Crippen molar-refractivity contribution in [3.8, 4) is 0 Å². The van der Waals surface area contributed by atoms with Gasteiger partial charge in [0.05, 0.1) is 19.4 Å². The van der Waals surface area contributed by atoms with Gasteiger partial charge in [-0.2, -0.15) is 0 Å². The maximum atomic E-state index is 11.6. The number of hydrogen-bond donors (Lipinski definition) is 5. The van der Waals surface area contributed by atoms with Gasteiger partial charge in [0.2, 0.25) is 23.2 Å². The van der Waals surface area contributed by atoms with Gasteiger partial charge in [0, 0.05) is 77.4 Å². The molecule has 21 heteroatoms. The van der Waals surface area contributed by atoms with Crippen molar-refractivity contribution in [2.75, 3.05) is 26.2 Å². The Labute approximate surface area is 344 Å². The summed E-state index contributed by atoms with van der Waals surface area (Å²) in [6.07, 6.45) is 8.67. The molecule has 0 aliphatic carbocycles. The van der Waals surface area contributed by atoms with Crippen LogP contribution < -0.4 is 27.8 Å². The smallest absolute Gasteiger partial charge is 0.253 e. The Balaban J connectivity index is -0.000000106. The second kappa shape index (κ2) is 41.5. The van der Waals surface area contributed by atoms with E-state index in [4.69, 9.17) is 17.2 Å². The lowest BCUT2D eigenvalue weighted by molar-refractivity contribution is -0.139. The number of hydrogen-bond acceptors (Lipinski definition) is 13. The number of nitrogens with two attached hydrogens (primary N) is 3. The molecule has 2 unspecified atom stereocenters. The van der Waals surface area contributed by atoms with Crippen molar-refractivity contribution < 1.29 is 38.4 Å². The van der Waals surface area contributed by atoms with Crippen molar-refractivity contribution >= 4 is 104 Å². The van der Waals surface area contributed by atoms with Crippen molar-refractivity contribution in [2.24, 2.45) is 17.2 Å². The van der Waals surface area contributed by atoms with E-state index in [-0.39, 0.29) is 103 Å². The third-order valence-electron chi connectivity index (χ3n) is 6.26. The molecule has 15 nitrogen and oxygen atoms in total. The molecule has 2 atom stereocenters. The number of unbranched alkanes of at least 4 members (excludes halogenated alkanes) is 2. The monoisotopic (exact) mass is 877 g/mol. The maximum Gasteiger partial charge on any atom is 0.253 e. The standard InChI is InChI=1S/C13H20N4O4.C13H18N3O4PS.7CH4.P2S2/c14-9(13(15)21)3-1-2-7-16-10(18)6-8-17-11(19)4-5-12(17)20;14-9(13(20)21-22)3-1-2-7-15-10(17)6-8-16-11(18)4-5-12(16)19;;;;;;;;3-1-2-4/h4-5,9H,1-3,6-8,14H2,(H2,15,21)(H,16,18);4-5,9H,1-3,6-8,14H2,(H,15,17);7*1H4;. The summed E-state index contributed by atoms with van der Waals surface area (Å²) in [4.78, 5) is 92.1. The van der Waals surface area contributed by atoms with E-state index >= 15 is 0 Å². The summed E-state index contributed by atoms with van der Waals surface area (Å²) in [5.74, 6) is -2.57. The first kappa shape index (κ1) is 69.2. The highest BCUT2D eigenvalue weighted by Crippen LogP contribution is 2.10. The van der Waals surface area contributed by atoms with Crippen LogP contribution in [0.15, 0.2) is 24.3 Å². The van der Waals surface area contributed by atoms with Crippen LogP contribution in [0.5, 0.6) is 0 Å². The molecule has 0 fully saturated rings. The summed E-state index contributed by atoms with van der Waals surface area (Å²) in [5.41, 5.74) is 16.0. The number of rotatable bonds is 20. The zero-order valence-electron chi connectivity index (χ0n) is 25.4. The molecule has 0 radical (unpaired) electrons. The van der Waals surface area contributed by atoms with E-state index in [0.29, 0.717) is 51.6 Å². The fraction of sp³-hybridized carbons (Fsp3) is 0.636. The Kier molecular flexibility index (Phi) is 53.2. The van der Waals surface area contributed by atoms with Gasteiger partial charge in [-0.3, -0.25) is 48.2 Å². The van der Waals surface area contributed by atoms with E-state index in [0.717, 1.165) is 23.9 Å². The molecule has 0 aromatic rings. The molecule has 54 heavy (non-hydrogen) atoms. The van der Waals surface area contributed by atoms with Crippen molar-refractivity contribution in [1.29, 1.82) is 0 Å². The SMILES string of the molecule is C.C.C.C.C.C.C.NC(=O)C(N)CCCCNC(=O)CCN1C(=O)C=CC1=O.NC(CCCCNC(=O)CCN1C(=O)C=CC1=O)C(=O)P=S.S=PP=S. The molecular formula is C33H66N7O8P3S3. The van der Waals surface area contributed by atoms with Crippen LogP contribution in [0.1, 0.15) is 103 Å². The summed E-state index contributed by atoms with van der Waals surface area (Å²) in [5, 5.41) is 5.37. The average Bonchev–Trinajstić information content (AvgIpc) is 3.55. The van der Waals surface area contributed by atoms with Crippen LogP contribution in [0.4, 0.5) is 0 Å². The van der Waals surface area contributed by atoms with Gasteiger partial charge >= 0.3 is 0 Å². The number of nitrogens with one attached hydrogen (secondary N) is 2. The molecule has 0 aromatic carbocycles. The van der Waals surface area contributed by atoms with E-state index in [2.05, 4.69) is 46.1 Å². The highest BCUT2D eigenvalue weighted by atomic mass is 32.7. The molecule has 2 aliphatic heterocycles. The molecule has 2 aliphatic rings. The fourth-order valence-corrected chi connectivity index (χ4v) is 4.34. The first-order valence-electron chi connectivity index (χ1n) is 14.2. The van der Waals surface area contributed by atoms with Crippen LogP contribution in [0.2, 0.25) is 0 Å². The summed E-state index contributed by atoms with van der Waals surface area (Å²) in [6.45, 7) is 1.06. The Morgan fingerprint density at radius 1 is 0.593 bits per heavy atom. The van der Waals surface area contributed by atoms with Crippen molar-refractivity contribution in [3.63, 3.8) is 0 Å². The second-order valence-corrected chi connectivity index (χ2v) is 15.1. The Hall–Kier alpha value is -2.68. The average molecular weight is 878 g/mol. The third kappa shape index (κ3) is 31.6. The van der Waals surface area contributed by atoms with Gasteiger partial charge in [-0.1, -0.05) is 52.0 Å². The molecule has 0 aromatic heterocycles. The number of carbonyl (C=O) groups excluding carboxylic acids is 8. The van der Waals surface area contributed by atoms with E-state index < -0.39 is 41.6 Å². The number of nitrogens with zero attached hydrogens (tertiary/aromatic N) is 2. The Morgan fingerprint density at radius 2 is 0.907 bits per heavy atom. The lowest BCUT2D eigenvalue weighted by atomic mass is 10.1. The zero-order valence-corrected chi connectivity index (χ0v) is 30.5. The highest BCUT2D eigenvalue weighted by Gasteiger charge is 2.24. The molecule has 2 rings (SSSR count). The molecule has 314 valence electrons. The van der Waals surface area contributed by atoms with E-state index in [1.807, 2.05) is 0 Å². The van der Waals surface area contributed by atoms with E-state index in [9.17, 15) is 38.4 Å². The highest BCUT2D eigenvalue weighted by molar-refractivity contribution is 8.40. The first-order valence-corrected chi connectivity index (χ1v) is 20.6. The largest absolute Gasteiger partial charge is 0.368 e. The van der Waals surface area contributed by atoms with Gasteiger partial charge < -0.3 is 27.8 Å². The Bertz CT molecular complexity index is 1220. The van der Waals surface area contributed by atoms with E-state index in [1.54, 1.807) is 0 Å². The lowest BCUT2D eigenvalue weighted by Crippen LogP contribution is -2.36. The van der Waals surface area contributed by atoms with Gasteiger partial charge in [0.1, 0.15) is 0 Å². The molecule has 7 amide bonds. The molecule has 0 saturated heterocycles. The summed E-state index contributed by atoms with van der Waals surface area (Å²) < 4.78 is 0. The molecule has 0 saturated carbocycles. The normalized spacial score (nSPS) is 12.9. The van der Waals surface area contributed by atoms with Gasteiger partial charge in [0.25, 0.3) is 23.6 Å². The minimum atomic E-state index is -0.652. The van der Waals surface area contributed by atoms with Crippen molar-refractivity contribution in [1.82, 2.24) is 20.4 Å². The zero-order chi connectivity index (χ0) is 35.8. The van der Waals surface area contributed by atoms with Crippen LogP contribution in [-0.2, 0) is 73.8 Å². The van der Waals surface area contributed by atoms with Crippen LogP contribution in [0, 0.1) is 0 Å². The number of amides is 7. The lowest BCUT2D eigenvalue weighted by Gasteiger charge is -2.13. The fourth-order valence-electron chi connectivity index (χ4n) is 3.67. The number of imide groups is 2. The topological polar surface area (TPSA) is 245 Å². The number of primary amides is 1. The number of carbonyl (C=O) groups is 8. The predicted octanol–water partition coefficient (Wildman–Crippen LogP) is 4.42. The van der Waals surface area contributed by atoms with Gasteiger partial charge in [-0.05, 0) is 73.9 Å². The second-order valence-electron chi connectivity index (χ2n) is 9.72. The van der Waals surface area contributed by atoms with Gasteiger partial charge in [-0.25, -0.2) is 0 Å². The summed E-state index contributed by atoms with van der Waals surface area (Å²) >= 11 is 13.4. The minimum absolute atomic E-state index is 0. The summed E-state index contributed by atoms with van der Waals surface area (Å²) in [6, 6.07) is -1.19.